The van der Waals surface area contributed by atoms with Gasteiger partial charge in [0.2, 0.25) is 5.95 Å². The van der Waals surface area contributed by atoms with Gasteiger partial charge < -0.3 is 9.64 Å². The van der Waals surface area contributed by atoms with E-state index in [2.05, 4.69) is 35.4 Å². The van der Waals surface area contributed by atoms with Crippen LogP contribution in [0.25, 0.3) is 5.69 Å². The molecule has 3 aromatic heterocycles. The third kappa shape index (κ3) is 4.48. The van der Waals surface area contributed by atoms with Gasteiger partial charge in [-0.05, 0) is 37.1 Å². The van der Waals surface area contributed by atoms with Crippen LogP contribution in [0.3, 0.4) is 0 Å². The first-order valence-electron chi connectivity index (χ1n) is 9.97. The molecule has 1 saturated heterocycles. The van der Waals surface area contributed by atoms with Gasteiger partial charge >= 0.3 is 0 Å². The van der Waals surface area contributed by atoms with Gasteiger partial charge in [0.1, 0.15) is 18.1 Å². The van der Waals surface area contributed by atoms with Crippen LogP contribution in [0, 0.1) is 0 Å². The Balaban J connectivity index is 1.14. The Morgan fingerprint density at radius 1 is 1.03 bits per heavy atom. The molecule has 0 atom stereocenters. The van der Waals surface area contributed by atoms with Crippen LogP contribution in [-0.2, 0) is 6.61 Å². The summed E-state index contributed by atoms with van der Waals surface area (Å²) in [4.78, 5) is 12.5. The maximum absolute atomic E-state index is 5.87. The van der Waals surface area contributed by atoms with Gasteiger partial charge in [-0.3, -0.25) is 0 Å². The zero-order chi connectivity index (χ0) is 21.0. The van der Waals surface area contributed by atoms with E-state index in [1.807, 2.05) is 24.3 Å². The van der Waals surface area contributed by atoms with Crippen LogP contribution in [-0.4, -0.2) is 53.0 Å². The van der Waals surface area contributed by atoms with Gasteiger partial charge in [-0.2, -0.15) is 15.0 Å². The van der Waals surface area contributed by atoms with E-state index in [4.69, 9.17) is 16.3 Å². The lowest BCUT2D eigenvalue weighted by Gasteiger charge is -2.31. The number of benzene rings is 1. The highest BCUT2D eigenvalue weighted by Gasteiger charge is 2.23. The van der Waals surface area contributed by atoms with Crippen molar-refractivity contribution >= 4 is 17.5 Å². The van der Waals surface area contributed by atoms with E-state index in [0.29, 0.717) is 17.6 Å². The number of halogens is 1. The van der Waals surface area contributed by atoms with Crippen molar-refractivity contribution in [3.8, 4) is 11.4 Å². The second-order valence-corrected chi connectivity index (χ2v) is 7.64. The van der Waals surface area contributed by atoms with Crippen molar-refractivity contribution in [2.75, 3.05) is 18.0 Å². The molecular weight excluding hydrogens is 418 g/mol. The Hall–Kier alpha value is -3.53. The monoisotopic (exact) mass is 437 g/mol. The summed E-state index contributed by atoms with van der Waals surface area (Å²) in [6, 6.07) is 7.91. The van der Waals surface area contributed by atoms with Gasteiger partial charge in [-0.25, -0.2) is 14.6 Å². The Morgan fingerprint density at radius 2 is 1.81 bits per heavy atom. The van der Waals surface area contributed by atoms with Gasteiger partial charge in [0.15, 0.2) is 0 Å². The van der Waals surface area contributed by atoms with Gasteiger partial charge in [0.25, 0.3) is 0 Å². The molecule has 1 aliphatic heterocycles. The summed E-state index contributed by atoms with van der Waals surface area (Å²) in [5.74, 6) is 1.47. The lowest BCUT2D eigenvalue weighted by Crippen LogP contribution is -2.36. The topological polar surface area (TPSA) is 99.7 Å². The molecule has 10 nitrogen and oxygen atoms in total. The predicted molar refractivity (Wildman–Crippen MR) is 113 cm³/mol. The summed E-state index contributed by atoms with van der Waals surface area (Å²) in [5, 5.41) is 17.4. The number of rotatable bonds is 6. The molecule has 0 aliphatic carbocycles. The third-order valence-corrected chi connectivity index (χ3v) is 5.34. The Kier molecular flexibility index (Phi) is 5.44. The fourth-order valence-electron chi connectivity index (χ4n) is 3.51. The normalized spacial score (nSPS) is 14.7. The molecule has 0 saturated carbocycles. The third-order valence-electron chi connectivity index (χ3n) is 5.15. The average Bonchev–Trinajstić information content (AvgIpc) is 3.51. The second kappa shape index (κ2) is 8.68. The number of hydrogen-bond acceptors (Lipinski definition) is 8. The molecule has 1 fully saturated rings. The molecule has 11 heteroatoms. The molecule has 31 heavy (non-hydrogen) atoms. The molecule has 0 unspecified atom stereocenters. The zero-order valence-electron chi connectivity index (χ0n) is 16.6. The standard InChI is InChI=1S/C20H20ClN9O/c21-15-11-22-20(23-12-15)28-8-5-18(6-9-28)30-25-13-16(26-30)14-31-19-3-1-17(2-4-19)29-10-7-24-27-29/h1-4,7,10-13,18H,5-6,8-9,14H2. The summed E-state index contributed by atoms with van der Waals surface area (Å²) < 4.78 is 7.55. The van der Waals surface area contributed by atoms with Gasteiger partial charge in [0, 0.05) is 13.1 Å². The second-order valence-electron chi connectivity index (χ2n) is 7.21. The number of nitrogens with zero attached hydrogens (tertiary/aromatic N) is 9. The van der Waals surface area contributed by atoms with Crippen LogP contribution in [0.2, 0.25) is 5.02 Å². The fraction of sp³-hybridized carbons (Fsp3) is 0.300. The predicted octanol–water partition coefficient (Wildman–Crippen LogP) is 2.72. The minimum atomic E-state index is 0.249. The molecule has 0 amide bonds. The molecule has 0 radical (unpaired) electrons. The first-order valence-corrected chi connectivity index (χ1v) is 10.4. The lowest BCUT2D eigenvalue weighted by molar-refractivity contribution is 0.291. The van der Waals surface area contributed by atoms with Crippen molar-refractivity contribution in [2.45, 2.75) is 25.5 Å². The van der Waals surface area contributed by atoms with Crippen molar-refractivity contribution in [1.29, 1.82) is 0 Å². The molecule has 1 aliphatic rings. The Labute approximate surface area is 183 Å². The van der Waals surface area contributed by atoms with E-state index in [-0.39, 0.29) is 6.04 Å². The Bertz CT molecular complexity index is 1100. The van der Waals surface area contributed by atoms with Crippen LogP contribution < -0.4 is 9.64 Å². The SMILES string of the molecule is Clc1cnc(N2CCC(n3ncc(COc4ccc(-n5ccnn5)cc4)n3)CC2)nc1. The Morgan fingerprint density at radius 3 is 2.52 bits per heavy atom. The maximum Gasteiger partial charge on any atom is 0.225 e. The van der Waals surface area contributed by atoms with Crippen molar-refractivity contribution < 1.29 is 4.74 Å². The van der Waals surface area contributed by atoms with Crippen molar-refractivity contribution in [3.63, 3.8) is 0 Å². The van der Waals surface area contributed by atoms with E-state index in [0.717, 1.165) is 43.1 Å². The van der Waals surface area contributed by atoms with E-state index in [9.17, 15) is 0 Å². The molecule has 5 rings (SSSR count). The first-order chi connectivity index (χ1) is 15.2. The lowest BCUT2D eigenvalue weighted by atomic mass is 10.1. The van der Waals surface area contributed by atoms with Crippen LogP contribution in [0.5, 0.6) is 5.75 Å². The van der Waals surface area contributed by atoms with E-state index in [1.165, 1.54) is 0 Å². The highest BCUT2D eigenvalue weighted by Crippen LogP contribution is 2.24. The average molecular weight is 438 g/mol. The van der Waals surface area contributed by atoms with E-state index < -0.39 is 0 Å². The summed E-state index contributed by atoms with van der Waals surface area (Å²) in [7, 11) is 0. The molecule has 0 spiro atoms. The van der Waals surface area contributed by atoms with E-state index in [1.54, 1.807) is 40.5 Å². The quantitative estimate of drug-likeness (QED) is 0.454. The molecule has 158 valence electrons. The maximum atomic E-state index is 5.87. The number of anilines is 1. The molecule has 1 aromatic carbocycles. The number of piperidine rings is 1. The summed E-state index contributed by atoms with van der Waals surface area (Å²) >= 11 is 5.87. The van der Waals surface area contributed by atoms with Crippen LogP contribution in [0.15, 0.2) is 55.2 Å². The number of ether oxygens (including phenoxy) is 1. The molecule has 0 N–H and O–H groups in total. The van der Waals surface area contributed by atoms with Gasteiger partial charge in [-0.1, -0.05) is 16.8 Å². The van der Waals surface area contributed by atoms with Gasteiger partial charge in [0.05, 0.1) is 47.7 Å². The fourth-order valence-corrected chi connectivity index (χ4v) is 3.61. The first kappa shape index (κ1) is 19.4. The summed E-state index contributed by atoms with van der Waals surface area (Å²) in [6.45, 7) is 2.05. The van der Waals surface area contributed by atoms with Crippen molar-refractivity contribution in [2.24, 2.45) is 0 Å². The smallest absolute Gasteiger partial charge is 0.225 e. The minimum Gasteiger partial charge on any atom is -0.487 e. The molecule has 0 bridgehead atoms. The van der Waals surface area contributed by atoms with Crippen LogP contribution in [0.4, 0.5) is 5.95 Å². The van der Waals surface area contributed by atoms with Crippen molar-refractivity contribution in [3.05, 3.63) is 66.0 Å². The minimum absolute atomic E-state index is 0.249. The molecule has 4 aromatic rings. The highest BCUT2D eigenvalue weighted by molar-refractivity contribution is 6.30. The zero-order valence-corrected chi connectivity index (χ0v) is 17.4. The van der Waals surface area contributed by atoms with Crippen LogP contribution in [0.1, 0.15) is 24.6 Å². The number of aromatic nitrogens is 8. The molecule has 4 heterocycles. The summed E-state index contributed by atoms with van der Waals surface area (Å²) in [6.07, 6.45) is 10.3. The van der Waals surface area contributed by atoms with Crippen LogP contribution >= 0.6 is 11.6 Å². The number of hydrogen-bond donors (Lipinski definition) is 0. The highest BCUT2D eigenvalue weighted by atomic mass is 35.5. The van der Waals surface area contributed by atoms with Gasteiger partial charge in [-0.15, -0.1) is 5.10 Å². The van der Waals surface area contributed by atoms with Crippen molar-refractivity contribution in [1.82, 2.24) is 40.0 Å². The summed E-state index contributed by atoms with van der Waals surface area (Å²) in [5.41, 5.74) is 1.72. The van der Waals surface area contributed by atoms with E-state index >= 15 is 0 Å². The molecular formula is C20H20ClN9O. The largest absolute Gasteiger partial charge is 0.487 e.